The molecule has 0 bridgehead atoms. The van der Waals surface area contributed by atoms with Crippen molar-refractivity contribution in [3.63, 3.8) is 0 Å². The summed E-state index contributed by atoms with van der Waals surface area (Å²) in [6, 6.07) is 8.43. The molecule has 3 aromatic rings. The highest BCUT2D eigenvalue weighted by atomic mass is 19.4. The molecule has 150 valence electrons. The third kappa shape index (κ3) is 4.85. The normalized spacial score (nSPS) is 12.4. The Morgan fingerprint density at radius 2 is 1.79 bits per heavy atom. The number of rotatable bonds is 5. The number of aryl methyl sites for hydroxylation is 1. The van der Waals surface area contributed by atoms with Gasteiger partial charge >= 0.3 is 6.18 Å². The Bertz CT molecular complexity index is 1050. The molecule has 2 aromatic heterocycles. The highest BCUT2D eigenvalue weighted by Gasteiger charge is 2.32. The molecule has 29 heavy (non-hydrogen) atoms. The number of alkyl halides is 3. The predicted octanol–water partition coefficient (Wildman–Crippen LogP) is 3.09. The Balaban J connectivity index is 1.94. The highest BCUT2D eigenvalue weighted by Crippen LogP contribution is 2.29. The number of carbonyl (C=O) groups is 1. The molecular weight excluding hydrogens is 385 g/mol. The van der Waals surface area contributed by atoms with Crippen molar-refractivity contribution in [2.75, 3.05) is 5.32 Å². The van der Waals surface area contributed by atoms with E-state index in [2.05, 4.69) is 20.3 Å². The largest absolute Gasteiger partial charge is 0.433 e. The molecule has 3 rings (SSSR count). The second kappa shape index (κ2) is 7.84. The van der Waals surface area contributed by atoms with E-state index in [1.165, 1.54) is 6.20 Å². The minimum atomic E-state index is -4.57. The number of benzene rings is 1. The van der Waals surface area contributed by atoms with E-state index in [0.717, 1.165) is 23.4 Å². The first-order chi connectivity index (χ1) is 13.6. The molecule has 10 heteroatoms. The molecule has 0 saturated heterocycles. The first kappa shape index (κ1) is 20.2. The molecule has 0 aliphatic rings. The Morgan fingerprint density at radius 1 is 1.07 bits per heavy atom. The number of anilines is 2. The SMILES string of the molecule is Cc1cc(Nc2nccc(C(F)(F)F)n2)cc(-c2ccnc(C(N)C(N)=O)c2)c1. The van der Waals surface area contributed by atoms with Gasteiger partial charge in [-0.25, -0.2) is 9.97 Å². The average molecular weight is 402 g/mol. The number of nitrogens with two attached hydrogens (primary N) is 2. The van der Waals surface area contributed by atoms with E-state index in [1.807, 2.05) is 13.0 Å². The zero-order valence-corrected chi connectivity index (χ0v) is 15.2. The van der Waals surface area contributed by atoms with Crippen LogP contribution in [0.1, 0.15) is 23.0 Å². The van der Waals surface area contributed by atoms with E-state index in [-0.39, 0.29) is 5.95 Å². The van der Waals surface area contributed by atoms with Crippen molar-refractivity contribution in [2.24, 2.45) is 11.5 Å². The van der Waals surface area contributed by atoms with Crippen molar-refractivity contribution in [2.45, 2.75) is 19.1 Å². The molecule has 0 spiro atoms. The number of nitrogens with one attached hydrogen (secondary N) is 1. The van der Waals surface area contributed by atoms with Crippen LogP contribution in [-0.4, -0.2) is 20.9 Å². The number of nitrogens with zero attached hydrogens (tertiary/aromatic N) is 3. The van der Waals surface area contributed by atoms with Crippen LogP contribution in [0.5, 0.6) is 0 Å². The fraction of sp³-hybridized carbons (Fsp3) is 0.158. The molecule has 2 heterocycles. The van der Waals surface area contributed by atoms with Crippen LogP contribution < -0.4 is 16.8 Å². The Hall–Kier alpha value is -3.53. The Kier molecular flexibility index (Phi) is 5.46. The van der Waals surface area contributed by atoms with Crippen LogP contribution in [0.4, 0.5) is 24.8 Å². The lowest BCUT2D eigenvalue weighted by Crippen LogP contribution is -2.28. The van der Waals surface area contributed by atoms with Gasteiger partial charge in [0.05, 0.1) is 5.69 Å². The molecule has 0 radical (unpaired) electrons. The van der Waals surface area contributed by atoms with Crippen LogP contribution in [0.15, 0.2) is 48.8 Å². The first-order valence-corrected chi connectivity index (χ1v) is 8.43. The molecule has 1 aromatic carbocycles. The van der Waals surface area contributed by atoms with E-state index in [9.17, 15) is 18.0 Å². The maximum atomic E-state index is 12.8. The summed E-state index contributed by atoms with van der Waals surface area (Å²) in [5.41, 5.74) is 13.0. The van der Waals surface area contributed by atoms with Gasteiger partial charge in [-0.3, -0.25) is 9.78 Å². The summed E-state index contributed by atoms with van der Waals surface area (Å²) in [6.07, 6.45) is -2.03. The summed E-state index contributed by atoms with van der Waals surface area (Å²) >= 11 is 0. The van der Waals surface area contributed by atoms with E-state index in [4.69, 9.17) is 11.5 Å². The number of hydrogen-bond acceptors (Lipinski definition) is 6. The molecule has 5 N–H and O–H groups in total. The number of halogens is 3. The number of primary amides is 1. The molecule has 0 fully saturated rings. The molecule has 0 saturated carbocycles. The minimum absolute atomic E-state index is 0.178. The topological polar surface area (TPSA) is 120 Å². The molecule has 1 atom stereocenters. The second-order valence-electron chi connectivity index (χ2n) is 6.33. The van der Waals surface area contributed by atoms with E-state index < -0.39 is 23.8 Å². The fourth-order valence-corrected chi connectivity index (χ4v) is 2.67. The van der Waals surface area contributed by atoms with Crippen molar-refractivity contribution in [3.05, 3.63) is 65.7 Å². The predicted molar refractivity (Wildman–Crippen MR) is 101 cm³/mol. The zero-order valence-electron chi connectivity index (χ0n) is 15.2. The summed E-state index contributed by atoms with van der Waals surface area (Å²) in [6.45, 7) is 1.83. The number of carbonyl (C=O) groups excluding carboxylic acids is 1. The lowest BCUT2D eigenvalue weighted by molar-refractivity contribution is -0.141. The summed E-state index contributed by atoms with van der Waals surface area (Å²) in [5, 5.41) is 2.79. The fourth-order valence-electron chi connectivity index (χ4n) is 2.67. The van der Waals surface area contributed by atoms with Crippen LogP contribution in [-0.2, 0) is 11.0 Å². The van der Waals surface area contributed by atoms with E-state index in [0.29, 0.717) is 16.9 Å². The van der Waals surface area contributed by atoms with Crippen LogP contribution in [0.3, 0.4) is 0 Å². The highest BCUT2D eigenvalue weighted by molar-refractivity contribution is 5.81. The van der Waals surface area contributed by atoms with Crippen LogP contribution in [0, 0.1) is 6.92 Å². The van der Waals surface area contributed by atoms with Crippen molar-refractivity contribution in [3.8, 4) is 11.1 Å². The van der Waals surface area contributed by atoms with Crippen molar-refractivity contribution >= 4 is 17.5 Å². The summed E-state index contributed by atoms with van der Waals surface area (Å²) in [7, 11) is 0. The zero-order chi connectivity index (χ0) is 21.2. The van der Waals surface area contributed by atoms with Gasteiger partial charge in [0.15, 0.2) is 0 Å². The van der Waals surface area contributed by atoms with Gasteiger partial charge in [0.2, 0.25) is 11.9 Å². The van der Waals surface area contributed by atoms with Gasteiger partial charge in [0.25, 0.3) is 0 Å². The van der Waals surface area contributed by atoms with Gasteiger partial charge in [-0.2, -0.15) is 13.2 Å². The van der Waals surface area contributed by atoms with Gasteiger partial charge in [-0.15, -0.1) is 0 Å². The minimum Gasteiger partial charge on any atom is -0.368 e. The van der Waals surface area contributed by atoms with Crippen LogP contribution >= 0.6 is 0 Å². The third-order valence-electron chi connectivity index (χ3n) is 4.02. The lowest BCUT2D eigenvalue weighted by atomic mass is 10.0. The first-order valence-electron chi connectivity index (χ1n) is 8.43. The number of aromatic nitrogens is 3. The van der Waals surface area contributed by atoms with E-state index in [1.54, 1.807) is 24.3 Å². The number of pyridine rings is 1. The van der Waals surface area contributed by atoms with Gasteiger partial charge in [0, 0.05) is 18.1 Å². The van der Waals surface area contributed by atoms with E-state index >= 15 is 0 Å². The lowest BCUT2D eigenvalue weighted by Gasteiger charge is -2.12. The maximum Gasteiger partial charge on any atom is 0.433 e. The van der Waals surface area contributed by atoms with Gasteiger partial charge in [-0.1, -0.05) is 6.07 Å². The number of amides is 1. The smallest absolute Gasteiger partial charge is 0.368 e. The third-order valence-corrected chi connectivity index (χ3v) is 4.02. The van der Waals surface area contributed by atoms with Crippen molar-refractivity contribution < 1.29 is 18.0 Å². The summed E-state index contributed by atoms with van der Waals surface area (Å²) in [4.78, 5) is 22.7. The summed E-state index contributed by atoms with van der Waals surface area (Å²) in [5.74, 6) is -0.884. The molecule has 7 nitrogen and oxygen atoms in total. The monoisotopic (exact) mass is 402 g/mol. The van der Waals surface area contributed by atoms with Gasteiger partial charge in [0.1, 0.15) is 11.7 Å². The van der Waals surface area contributed by atoms with Crippen molar-refractivity contribution in [1.29, 1.82) is 0 Å². The second-order valence-corrected chi connectivity index (χ2v) is 6.33. The molecule has 0 aliphatic carbocycles. The maximum absolute atomic E-state index is 12.8. The Labute approximate surface area is 164 Å². The van der Waals surface area contributed by atoms with Gasteiger partial charge < -0.3 is 16.8 Å². The molecular formula is C19H17F3N6O. The quantitative estimate of drug-likeness (QED) is 0.603. The molecule has 1 unspecified atom stereocenters. The average Bonchev–Trinajstić information content (AvgIpc) is 2.66. The van der Waals surface area contributed by atoms with Crippen LogP contribution in [0.25, 0.3) is 11.1 Å². The standard InChI is InChI=1S/C19H17F3N6O/c1-10-6-12(11-2-4-25-14(9-11)16(23)17(24)29)8-13(7-10)27-18-26-5-3-15(28-18)19(20,21)22/h2-9,16H,23H2,1H3,(H2,24,29)(H,26,27,28). The Morgan fingerprint density at radius 3 is 2.48 bits per heavy atom. The van der Waals surface area contributed by atoms with Gasteiger partial charge in [-0.05, 0) is 53.9 Å². The number of hydrogen-bond donors (Lipinski definition) is 3. The molecule has 0 aliphatic heterocycles. The summed E-state index contributed by atoms with van der Waals surface area (Å²) < 4.78 is 38.5. The molecule has 1 amide bonds. The van der Waals surface area contributed by atoms with Crippen LogP contribution in [0.2, 0.25) is 0 Å². The van der Waals surface area contributed by atoms with Crippen molar-refractivity contribution in [1.82, 2.24) is 15.0 Å².